The third-order valence-corrected chi connectivity index (χ3v) is 2.05. The molecule has 0 aliphatic rings. The molecule has 0 aliphatic carbocycles. The van der Waals surface area contributed by atoms with E-state index in [4.69, 9.17) is 5.11 Å². The highest BCUT2D eigenvalue weighted by molar-refractivity contribution is 9.09. The minimum atomic E-state index is -0.359. The largest absolute Gasteiger partial charge is 0.392 e. The molecule has 0 bridgehead atoms. The molecule has 0 aromatic carbocycles. The molecular formula is C6H12BrNO3. The molecule has 0 rings (SSSR count). The van der Waals surface area contributed by atoms with Crippen LogP contribution in [0, 0.1) is 10.1 Å². The first kappa shape index (κ1) is 10.8. The van der Waals surface area contributed by atoms with Crippen molar-refractivity contribution in [3.05, 3.63) is 10.1 Å². The molecule has 66 valence electrons. The molecule has 0 heterocycles. The van der Waals surface area contributed by atoms with E-state index in [0.717, 1.165) is 0 Å². The summed E-state index contributed by atoms with van der Waals surface area (Å²) in [6.07, 6.45) is 1.55. The third-order valence-electron chi connectivity index (χ3n) is 1.31. The fourth-order valence-corrected chi connectivity index (χ4v) is 1.02. The van der Waals surface area contributed by atoms with Crippen molar-refractivity contribution in [3.8, 4) is 0 Å². The number of hydrogen-bond donors (Lipinski definition) is 1. The van der Waals surface area contributed by atoms with Crippen molar-refractivity contribution in [2.45, 2.75) is 25.4 Å². The Morgan fingerprint density at radius 2 is 2.18 bits per heavy atom. The molecule has 0 aromatic heterocycles. The summed E-state index contributed by atoms with van der Waals surface area (Å²) in [5, 5.41) is 19.4. The number of aliphatic hydroxyl groups is 1. The molecule has 1 atom stereocenters. The third kappa shape index (κ3) is 7.74. The van der Waals surface area contributed by atoms with Crippen LogP contribution < -0.4 is 0 Å². The Hall–Kier alpha value is -0.160. The number of rotatable bonds is 6. The summed E-state index contributed by atoms with van der Waals surface area (Å²) < 4.78 is 0. The van der Waals surface area contributed by atoms with Crippen molar-refractivity contribution < 1.29 is 10.0 Å². The summed E-state index contributed by atoms with van der Waals surface area (Å²) in [6.45, 7) is 0.00893. The van der Waals surface area contributed by atoms with Gasteiger partial charge in [0.25, 0.3) is 0 Å². The predicted octanol–water partition coefficient (Wildman–Crippen LogP) is 1.19. The van der Waals surface area contributed by atoms with Crippen LogP contribution in [0.15, 0.2) is 0 Å². The van der Waals surface area contributed by atoms with Gasteiger partial charge in [0, 0.05) is 16.7 Å². The number of nitrogens with zero attached hydrogens (tertiary/aromatic N) is 1. The monoisotopic (exact) mass is 225 g/mol. The standard InChI is InChI=1S/C6H12BrNO3/c7-5-6(9)3-1-2-4-8(10)11/h6,9H,1-5H2. The molecule has 0 radical (unpaired) electrons. The van der Waals surface area contributed by atoms with Gasteiger partial charge in [-0.1, -0.05) is 15.9 Å². The Morgan fingerprint density at radius 3 is 2.64 bits per heavy atom. The summed E-state index contributed by atoms with van der Waals surface area (Å²) in [4.78, 5) is 9.51. The SMILES string of the molecule is O=[N+]([O-])CCCCC(O)CBr. The van der Waals surface area contributed by atoms with Crippen molar-refractivity contribution in [2.75, 3.05) is 11.9 Å². The summed E-state index contributed by atoms with van der Waals surface area (Å²) in [5.74, 6) is 0. The van der Waals surface area contributed by atoms with Crippen LogP contribution in [0.25, 0.3) is 0 Å². The van der Waals surface area contributed by atoms with E-state index in [1.165, 1.54) is 0 Å². The first-order valence-corrected chi connectivity index (χ1v) is 4.64. The highest BCUT2D eigenvalue weighted by Crippen LogP contribution is 2.02. The molecule has 1 N–H and O–H groups in total. The number of nitro groups is 1. The van der Waals surface area contributed by atoms with Gasteiger partial charge in [-0.15, -0.1) is 0 Å². The van der Waals surface area contributed by atoms with Crippen LogP contribution in [0.1, 0.15) is 19.3 Å². The molecule has 0 saturated carbocycles. The zero-order chi connectivity index (χ0) is 8.69. The van der Waals surface area contributed by atoms with Gasteiger partial charge in [-0.2, -0.15) is 0 Å². The van der Waals surface area contributed by atoms with Gasteiger partial charge in [0.1, 0.15) is 0 Å². The second-order valence-corrected chi connectivity index (χ2v) is 3.01. The van der Waals surface area contributed by atoms with E-state index in [2.05, 4.69) is 15.9 Å². The molecule has 0 spiro atoms. The van der Waals surface area contributed by atoms with Gasteiger partial charge in [0.05, 0.1) is 6.10 Å². The van der Waals surface area contributed by atoms with Crippen molar-refractivity contribution in [1.29, 1.82) is 0 Å². The van der Waals surface area contributed by atoms with E-state index >= 15 is 0 Å². The molecule has 0 saturated heterocycles. The van der Waals surface area contributed by atoms with Crippen molar-refractivity contribution in [1.82, 2.24) is 0 Å². The smallest absolute Gasteiger partial charge is 0.203 e. The van der Waals surface area contributed by atoms with Crippen LogP contribution in [-0.4, -0.2) is 28.0 Å². The number of unbranched alkanes of at least 4 members (excludes halogenated alkanes) is 1. The van der Waals surface area contributed by atoms with E-state index in [1.54, 1.807) is 0 Å². The zero-order valence-electron chi connectivity index (χ0n) is 6.20. The maximum atomic E-state index is 9.85. The van der Waals surface area contributed by atoms with Crippen LogP contribution in [0.4, 0.5) is 0 Å². The lowest BCUT2D eigenvalue weighted by Gasteiger charge is -2.03. The van der Waals surface area contributed by atoms with Gasteiger partial charge in [-0.3, -0.25) is 10.1 Å². The maximum absolute atomic E-state index is 9.85. The Labute approximate surface area is 73.9 Å². The quantitative estimate of drug-likeness (QED) is 0.320. The molecule has 0 aromatic rings. The molecule has 11 heavy (non-hydrogen) atoms. The summed E-state index contributed by atoms with van der Waals surface area (Å²) in [7, 11) is 0. The van der Waals surface area contributed by atoms with Gasteiger partial charge in [-0.05, 0) is 12.8 Å². The lowest BCUT2D eigenvalue weighted by atomic mass is 10.2. The average molecular weight is 226 g/mol. The second kappa shape index (κ2) is 6.54. The number of aliphatic hydroxyl groups excluding tert-OH is 1. The molecule has 5 heteroatoms. The summed E-state index contributed by atoms with van der Waals surface area (Å²) in [5.41, 5.74) is 0. The van der Waals surface area contributed by atoms with Gasteiger partial charge in [0.2, 0.25) is 6.54 Å². The zero-order valence-corrected chi connectivity index (χ0v) is 7.79. The number of halogens is 1. The van der Waals surface area contributed by atoms with Crippen molar-refractivity contribution >= 4 is 15.9 Å². The molecule has 1 unspecified atom stereocenters. The average Bonchev–Trinajstić information content (AvgIpc) is 1.97. The normalized spacial score (nSPS) is 12.9. The summed E-state index contributed by atoms with van der Waals surface area (Å²) >= 11 is 3.11. The van der Waals surface area contributed by atoms with Gasteiger partial charge >= 0.3 is 0 Å². The Kier molecular flexibility index (Phi) is 6.45. The van der Waals surface area contributed by atoms with Crippen molar-refractivity contribution in [3.63, 3.8) is 0 Å². The Morgan fingerprint density at radius 1 is 1.55 bits per heavy atom. The second-order valence-electron chi connectivity index (χ2n) is 2.36. The first-order chi connectivity index (χ1) is 5.16. The number of alkyl halides is 1. The topological polar surface area (TPSA) is 63.4 Å². The van der Waals surface area contributed by atoms with Gasteiger partial charge in [0.15, 0.2) is 0 Å². The number of hydrogen-bond acceptors (Lipinski definition) is 3. The fourth-order valence-electron chi connectivity index (χ4n) is 0.698. The molecule has 0 amide bonds. The lowest BCUT2D eigenvalue weighted by Crippen LogP contribution is -2.08. The van der Waals surface area contributed by atoms with Crippen LogP contribution in [-0.2, 0) is 0 Å². The lowest BCUT2D eigenvalue weighted by molar-refractivity contribution is -0.480. The molecular weight excluding hydrogens is 214 g/mol. The first-order valence-electron chi connectivity index (χ1n) is 3.52. The van der Waals surface area contributed by atoms with E-state index in [-0.39, 0.29) is 17.6 Å². The predicted molar refractivity (Wildman–Crippen MR) is 45.5 cm³/mol. The van der Waals surface area contributed by atoms with Crippen molar-refractivity contribution in [2.24, 2.45) is 0 Å². The molecule has 0 aliphatic heterocycles. The van der Waals surface area contributed by atoms with E-state index in [0.29, 0.717) is 24.6 Å². The molecule has 4 nitrogen and oxygen atoms in total. The van der Waals surface area contributed by atoms with Gasteiger partial charge < -0.3 is 5.11 Å². The van der Waals surface area contributed by atoms with E-state index < -0.39 is 0 Å². The molecule has 0 fully saturated rings. The fraction of sp³-hybridized carbons (Fsp3) is 1.00. The van der Waals surface area contributed by atoms with Gasteiger partial charge in [-0.25, -0.2) is 0 Å². The highest BCUT2D eigenvalue weighted by Gasteiger charge is 2.02. The minimum Gasteiger partial charge on any atom is -0.392 e. The summed E-state index contributed by atoms with van der Waals surface area (Å²) in [6, 6.07) is 0. The van der Waals surface area contributed by atoms with Crippen LogP contribution >= 0.6 is 15.9 Å². The van der Waals surface area contributed by atoms with E-state index in [1.807, 2.05) is 0 Å². The maximum Gasteiger partial charge on any atom is 0.203 e. The Balaban J connectivity index is 3.08. The van der Waals surface area contributed by atoms with E-state index in [9.17, 15) is 10.1 Å². The van der Waals surface area contributed by atoms with Crippen LogP contribution in [0.3, 0.4) is 0 Å². The highest BCUT2D eigenvalue weighted by atomic mass is 79.9. The van der Waals surface area contributed by atoms with Crippen LogP contribution in [0.5, 0.6) is 0 Å². The van der Waals surface area contributed by atoms with Crippen LogP contribution in [0.2, 0.25) is 0 Å². The minimum absolute atomic E-state index is 0.00893. The Bertz CT molecular complexity index is 120.